The smallest absolute Gasteiger partial charge is 0.330 e. The first kappa shape index (κ1) is 15.4. The average Bonchev–Trinajstić information content (AvgIpc) is 2.93. The van der Waals surface area contributed by atoms with E-state index >= 15 is 0 Å². The molecule has 1 unspecified atom stereocenters. The fourth-order valence-electron chi connectivity index (χ4n) is 3.37. The summed E-state index contributed by atoms with van der Waals surface area (Å²) in [5, 5.41) is 12.2. The fourth-order valence-corrected chi connectivity index (χ4v) is 4.69. The van der Waals surface area contributed by atoms with Crippen molar-refractivity contribution in [3.05, 3.63) is 35.9 Å². The first-order valence-electron chi connectivity index (χ1n) is 7.76. The Bertz CT molecular complexity index is 548. The number of carboxylic acids is 1. The summed E-state index contributed by atoms with van der Waals surface area (Å²) in [7, 11) is 0. The normalized spacial score (nSPS) is 30.5. The van der Waals surface area contributed by atoms with Gasteiger partial charge in [0.05, 0.1) is 0 Å². The molecule has 1 heterocycles. The molecule has 0 bridgehead atoms. The van der Waals surface area contributed by atoms with Crippen molar-refractivity contribution in [1.82, 2.24) is 5.32 Å². The predicted octanol–water partition coefficient (Wildman–Crippen LogP) is 2.65. The van der Waals surface area contributed by atoms with E-state index < -0.39 is 11.5 Å². The van der Waals surface area contributed by atoms with Crippen LogP contribution in [0.15, 0.2) is 30.3 Å². The SMILES string of the molecule is O=C(CC1CC(c2ccccc2)C1)NC1(C(=O)O)CCSC1. The molecule has 5 heteroatoms. The van der Waals surface area contributed by atoms with E-state index in [1.54, 1.807) is 11.8 Å². The molecule has 2 fully saturated rings. The van der Waals surface area contributed by atoms with E-state index in [1.165, 1.54) is 5.56 Å². The van der Waals surface area contributed by atoms with Gasteiger partial charge in [0.25, 0.3) is 0 Å². The van der Waals surface area contributed by atoms with Crippen LogP contribution in [0.4, 0.5) is 0 Å². The zero-order valence-corrected chi connectivity index (χ0v) is 13.3. The van der Waals surface area contributed by atoms with Gasteiger partial charge in [-0.2, -0.15) is 11.8 Å². The summed E-state index contributed by atoms with van der Waals surface area (Å²) in [6.07, 6.45) is 3.01. The molecule has 0 spiro atoms. The van der Waals surface area contributed by atoms with Crippen LogP contribution in [0.1, 0.15) is 37.2 Å². The molecule has 1 saturated carbocycles. The van der Waals surface area contributed by atoms with Gasteiger partial charge in [-0.15, -0.1) is 0 Å². The topological polar surface area (TPSA) is 66.4 Å². The number of hydrogen-bond acceptors (Lipinski definition) is 3. The molecule has 0 aromatic heterocycles. The van der Waals surface area contributed by atoms with Crippen molar-refractivity contribution in [2.75, 3.05) is 11.5 Å². The Balaban J connectivity index is 1.49. The van der Waals surface area contributed by atoms with Gasteiger partial charge in [0.1, 0.15) is 5.54 Å². The monoisotopic (exact) mass is 319 g/mol. The summed E-state index contributed by atoms with van der Waals surface area (Å²) >= 11 is 1.59. The minimum Gasteiger partial charge on any atom is -0.479 e. The van der Waals surface area contributed by atoms with E-state index in [9.17, 15) is 14.7 Å². The molecular weight excluding hydrogens is 298 g/mol. The molecule has 1 aliphatic carbocycles. The molecule has 4 nitrogen and oxygen atoms in total. The van der Waals surface area contributed by atoms with Gasteiger partial charge in [0.2, 0.25) is 5.91 Å². The fraction of sp³-hybridized carbons (Fsp3) is 0.529. The van der Waals surface area contributed by atoms with Gasteiger partial charge in [-0.25, -0.2) is 4.79 Å². The third-order valence-electron chi connectivity index (χ3n) is 4.79. The van der Waals surface area contributed by atoms with Crippen molar-refractivity contribution >= 4 is 23.6 Å². The van der Waals surface area contributed by atoms with E-state index in [1.807, 2.05) is 18.2 Å². The molecule has 1 aliphatic heterocycles. The Morgan fingerprint density at radius 2 is 2.00 bits per heavy atom. The summed E-state index contributed by atoms with van der Waals surface area (Å²) in [6.45, 7) is 0. The summed E-state index contributed by atoms with van der Waals surface area (Å²) < 4.78 is 0. The Labute approximate surface area is 134 Å². The maximum Gasteiger partial charge on any atom is 0.330 e. The van der Waals surface area contributed by atoms with E-state index in [2.05, 4.69) is 17.4 Å². The largest absolute Gasteiger partial charge is 0.479 e. The van der Waals surface area contributed by atoms with E-state index in [0.29, 0.717) is 30.4 Å². The number of thioether (sulfide) groups is 1. The van der Waals surface area contributed by atoms with Crippen LogP contribution in [0.25, 0.3) is 0 Å². The van der Waals surface area contributed by atoms with Crippen LogP contribution in [0.5, 0.6) is 0 Å². The molecule has 22 heavy (non-hydrogen) atoms. The van der Waals surface area contributed by atoms with E-state index in [4.69, 9.17) is 0 Å². The lowest BCUT2D eigenvalue weighted by Gasteiger charge is -2.36. The summed E-state index contributed by atoms with van der Waals surface area (Å²) in [4.78, 5) is 23.6. The average molecular weight is 319 g/mol. The number of carbonyl (C=O) groups is 2. The van der Waals surface area contributed by atoms with Crippen LogP contribution in [-0.2, 0) is 9.59 Å². The van der Waals surface area contributed by atoms with Crippen LogP contribution in [0, 0.1) is 5.92 Å². The van der Waals surface area contributed by atoms with Gasteiger partial charge in [0, 0.05) is 12.2 Å². The number of carboxylic acid groups (broad SMARTS) is 1. The zero-order chi connectivity index (χ0) is 15.6. The van der Waals surface area contributed by atoms with Crippen LogP contribution < -0.4 is 5.32 Å². The zero-order valence-electron chi connectivity index (χ0n) is 12.5. The van der Waals surface area contributed by atoms with Crippen LogP contribution in [0.2, 0.25) is 0 Å². The van der Waals surface area contributed by atoms with Crippen LogP contribution in [-0.4, -0.2) is 34.0 Å². The highest BCUT2D eigenvalue weighted by atomic mass is 32.2. The Morgan fingerprint density at radius 3 is 2.59 bits per heavy atom. The number of carbonyl (C=O) groups excluding carboxylic acids is 1. The number of aliphatic carboxylic acids is 1. The van der Waals surface area contributed by atoms with Crippen molar-refractivity contribution in [3.8, 4) is 0 Å². The van der Waals surface area contributed by atoms with Gasteiger partial charge < -0.3 is 10.4 Å². The Morgan fingerprint density at radius 1 is 1.27 bits per heavy atom. The van der Waals surface area contributed by atoms with E-state index in [-0.39, 0.29) is 5.91 Å². The number of nitrogens with one attached hydrogen (secondary N) is 1. The van der Waals surface area contributed by atoms with Gasteiger partial charge in [-0.3, -0.25) is 4.79 Å². The standard InChI is InChI=1S/C17H21NO3S/c19-15(18-17(16(20)21)6-7-22-11-17)10-12-8-14(9-12)13-4-2-1-3-5-13/h1-5,12,14H,6-11H2,(H,18,19)(H,20,21). The molecular formula is C17H21NO3S. The van der Waals surface area contributed by atoms with Gasteiger partial charge in [0.15, 0.2) is 0 Å². The molecule has 1 atom stereocenters. The second-order valence-electron chi connectivity index (χ2n) is 6.39. The number of benzene rings is 1. The lowest BCUT2D eigenvalue weighted by atomic mass is 9.70. The molecule has 1 amide bonds. The van der Waals surface area contributed by atoms with Crippen molar-refractivity contribution in [2.45, 2.75) is 37.1 Å². The van der Waals surface area contributed by atoms with Crippen molar-refractivity contribution < 1.29 is 14.7 Å². The molecule has 1 aromatic rings. The highest BCUT2D eigenvalue weighted by Crippen LogP contribution is 2.43. The maximum atomic E-state index is 12.2. The maximum absolute atomic E-state index is 12.2. The minimum atomic E-state index is -1.04. The first-order valence-corrected chi connectivity index (χ1v) is 8.92. The quantitative estimate of drug-likeness (QED) is 0.875. The lowest BCUT2D eigenvalue weighted by Crippen LogP contribution is -2.55. The molecule has 1 aromatic carbocycles. The Kier molecular flexibility index (Phi) is 4.43. The van der Waals surface area contributed by atoms with E-state index in [0.717, 1.165) is 18.6 Å². The second kappa shape index (κ2) is 6.32. The molecule has 0 radical (unpaired) electrons. The third kappa shape index (κ3) is 3.14. The lowest BCUT2D eigenvalue weighted by molar-refractivity contribution is -0.146. The predicted molar refractivity (Wildman–Crippen MR) is 87.0 cm³/mol. The third-order valence-corrected chi connectivity index (χ3v) is 5.98. The number of amides is 1. The van der Waals surface area contributed by atoms with Crippen LogP contribution in [0.3, 0.4) is 0 Å². The number of hydrogen-bond donors (Lipinski definition) is 2. The van der Waals surface area contributed by atoms with Crippen molar-refractivity contribution in [3.63, 3.8) is 0 Å². The van der Waals surface area contributed by atoms with Gasteiger partial charge in [-0.1, -0.05) is 30.3 Å². The highest BCUT2D eigenvalue weighted by Gasteiger charge is 2.43. The molecule has 2 aliphatic rings. The molecule has 2 N–H and O–H groups in total. The first-order chi connectivity index (χ1) is 10.6. The van der Waals surface area contributed by atoms with Crippen molar-refractivity contribution in [1.29, 1.82) is 0 Å². The van der Waals surface area contributed by atoms with Crippen molar-refractivity contribution in [2.24, 2.45) is 5.92 Å². The molecule has 1 saturated heterocycles. The minimum absolute atomic E-state index is 0.110. The van der Waals surface area contributed by atoms with Crippen LogP contribution >= 0.6 is 11.8 Å². The molecule has 3 rings (SSSR count). The summed E-state index contributed by atoms with van der Waals surface area (Å²) in [6, 6.07) is 10.4. The van der Waals surface area contributed by atoms with Gasteiger partial charge in [-0.05, 0) is 42.4 Å². The summed E-state index contributed by atoms with van der Waals surface area (Å²) in [5.41, 5.74) is 0.304. The molecule has 118 valence electrons. The van der Waals surface area contributed by atoms with Gasteiger partial charge >= 0.3 is 5.97 Å². The highest BCUT2D eigenvalue weighted by molar-refractivity contribution is 7.99. The second-order valence-corrected chi connectivity index (χ2v) is 7.49. The summed E-state index contributed by atoms with van der Waals surface area (Å²) in [5.74, 6) is 1.19. The Hall–Kier alpha value is -1.49. The number of rotatable bonds is 5.